The average Bonchev–Trinajstić information content (AvgIpc) is 2.48. The minimum atomic E-state index is -0.558. The van der Waals surface area contributed by atoms with E-state index in [2.05, 4.69) is 5.32 Å². The van der Waals surface area contributed by atoms with E-state index in [0.717, 1.165) is 5.56 Å². The maximum absolute atomic E-state index is 12.9. The van der Waals surface area contributed by atoms with Gasteiger partial charge in [-0.1, -0.05) is 26.0 Å². The lowest BCUT2D eigenvalue weighted by atomic mass is 9.89. The summed E-state index contributed by atoms with van der Waals surface area (Å²) in [6, 6.07) is 5.63. The average molecular weight is 309 g/mol. The molecule has 0 heterocycles. The Bertz CT molecular complexity index is 499. The first-order chi connectivity index (χ1) is 10.4. The zero-order valence-electron chi connectivity index (χ0n) is 13.6. The molecule has 0 aliphatic rings. The van der Waals surface area contributed by atoms with E-state index in [4.69, 9.17) is 4.74 Å². The number of nitrogens with one attached hydrogen (secondary N) is 1. The van der Waals surface area contributed by atoms with Crippen molar-refractivity contribution in [2.75, 3.05) is 14.2 Å². The molecular weight excluding hydrogens is 285 g/mol. The van der Waals surface area contributed by atoms with Crippen LogP contribution in [0.15, 0.2) is 24.3 Å². The van der Waals surface area contributed by atoms with E-state index in [1.807, 2.05) is 13.8 Å². The lowest BCUT2D eigenvalue weighted by molar-refractivity contribution is -0.147. The largest absolute Gasteiger partial charge is 0.469 e. The summed E-state index contributed by atoms with van der Waals surface area (Å²) in [5.41, 5.74) is 0.801. The number of Topliss-reactive ketones (excluding diaryl/α,β-unsaturated/α-hetero) is 1. The van der Waals surface area contributed by atoms with Gasteiger partial charge < -0.3 is 10.1 Å². The molecule has 0 saturated carbocycles. The number of carbonyl (C=O) groups excluding carboxylic acids is 2. The molecule has 0 unspecified atom stereocenters. The molecule has 1 aromatic carbocycles. The third-order valence-corrected chi connectivity index (χ3v) is 3.70. The highest BCUT2D eigenvalue weighted by molar-refractivity contribution is 5.88. The van der Waals surface area contributed by atoms with Crippen molar-refractivity contribution >= 4 is 11.8 Å². The van der Waals surface area contributed by atoms with Crippen LogP contribution in [0.2, 0.25) is 0 Å². The Kier molecular flexibility index (Phi) is 7.18. The summed E-state index contributed by atoms with van der Waals surface area (Å²) < 4.78 is 17.7. The van der Waals surface area contributed by atoms with Crippen molar-refractivity contribution in [2.45, 2.75) is 32.7 Å². The highest BCUT2D eigenvalue weighted by Crippen LogP contribution is 2.17. The van der Waals surface area contributed by atoms with Crippen LogP contribution in [0.1, 0.15) is 25.8 Å². The van der Waals surface area contributed by atoms with E-state index < -0.39 is 11.9 Å². The lowest BCUT2D eigenvalue weighted by Gasteiger charge is -2.21. The number of halogens is 1. The number of methoxy groups -OCH3 is 1. The number of hydrogen-bond acceptors (Lipinski definition) is 4. The fourth-order valence-electron chi connectivity index (χ4n) is 2.55. The van der Waals surface area contributed by atoms with Crippen molar-refractivity contribution in [3.8, 4) is 0 Å². The highest BCUT2D eigenvalue weighted by Gasteiger charge is 2.28. The van der Waals surface area contributed by atoms with Gasteiger partial charge in [0.2, 0.25) is 0 Å². The second-order valence-electron chi connectivity index (χ2n) is 5.73. The number of rotatable bonds is 8. The van der Waals surface area contributed by atoms with Gasteiger partial charge in [0.15, 0.2) is 5.78 Å². The molecule has 1 aromatic rings. The van der Waals surface area contributed by atoms with Gasteiger partial charge in [0, 0.05) is 6.42 Å². The van der Waals surface area contributed by atoms with Gasteiger partial charge in [-0.05, 0) is 37.1 Å². The van der Waals surface area contributed by atoms with Crippen molar-refractivity contribution < 1.29 is 18.7 Å². The molecule has 0 amide bonds. The standard InChI is InChI=1S/C17H24FNO3/c1-11(2)16(19-3)15(20)10-13(17(21)22-4)9-12-5-7-14(18)8-6-12/h5-8,11,13,16,19H,9-10H2,1-4H3/t13-,16+/m1/s1. The number of ketones is 1. The van der Waals surface area contributed by atoms with Crippen molar-refractivity contribution in [1.29, 1.82) is 0 Å². The fourth-order valence-corrected chi connectivity index (χ4v) is 2.55. The second-order valence-corrected chi connectivity index (χ2v) is 5.73. The van der Waals surface area contributed by atoms with Gasteiger partial charge in [0.1, 0.15) is 5.82 Å². The van der Waals surface area contributed by atoms with E-state index in [9.17, 15) is 14.0 Å². The Morgan fingerprint density at radius 1 is 1.23 bits per heavy atom. The van der Waals surface area contributed by atoms with Crippen molar-refractivity contribution in [2.24, 2.45) is 11.8 Å². The Balaban J connectivity index is 2.82. The third kappa shape index (κ3) is 5.22. The minimum absolute atomic E-state index is 0.0185. The molecular formula is C17H24FNO3. The number of esters is 1. The molecule has 0 bridgehead atoms. The fraction of sp³-hybridized carbons (Fsp3) is 0.529. The van der Waals surface area contributed by atoms with Crippen LogP contribution in [-0.4, -0.2) is 32.0 Å². The van der Waals surface area contributed by atoms with Crippen LogP contribution in [0.5, 0.6) is 0 Å². The third-order valence-electron chi connectivity index (χ3n) is 3.70. The smallest absolute Gasteiger partial charge is 0.309 e. The molecule has 1 rings (SSSR count). The normalized spacial score (nSPS) is 13.7. The van der Waals surface area contributed by atoms with Gasteiger partial charge in [-0.25, -0.2) is 4.39 Å². The number of likely N-dealkylation sites (N-methyl/N-ethyl adjacent to an activating group) is 1. The van der Waals surface area contributed by atoms with Crippen LogP contribution < -0.4 is 5.32 Å². The van der Waals surface area contributed by atoms with Crippen LogP contribution >= 0.6 is 0 Å². The predicted molar refractivity (Wildman–Crippen MR) is 82.9 cm³/mol. The molecule has 4 nitrogen and oxygen atoms in total. The summed E-state index contributed by atoms with van der Waals surface area (Å²) in [5, 5.41) is 2.98. The molecule has 122 valence electrons. The summed E-state index contributed by atoms with van der Waals surface area (Å²) in [7, 11) is 3.04. The monoisotopic (exact) mass is 309 g/mol. The number of benzene rings is 1. The molecule has 0 aliphatic heterocycles. The zero-order chi connectivity index (χ0) is 16.7. The topological polar surface area (TPSA) is 55.4 Å². The molecule has 22 heavy (non-hydrogen) atoms. The molecule has 2 atom stereocenters. The van der Waals surface area contributed by atoms with Crippen LogP contribution in [-0.2, 0) is 20.7 Å². The summed E-state index contributed by atoms with van der Waals surface area (Å²) in [6.07, 6.45) is 0.459. The van der Waals surface area contributed by atoms with Gasteiger partial charge in [0.05, 0.1) is 19.1 Å². The Hall–Kier alpha value is -1.75. The predicted octanol–water partition coefficient (Wildman–Crippen LogP) is 2.36. The van der Waals surface area contributed by atoms with E-state index in [1.54, 1.807) is 19.2 Å². The van der Waals surface area contributed by atoms with E-state index >= 15 is 0 Å². The number of carbonyl (C=O) groups is 2. The zero-order valence-corrected chi connectivity index (χ0v) is 13.6. The van der Waals surface area contributed by atoms with Gasteiger partial charge in [-0.15, -0.1) is 0 Å². The lowest BCUT2D eigenvalue weighted by Crippen LogP contribution is -2.40. The van der Waals surface area contributed by atoms with E-state index in [1.165, 1.54) is 19.2 Å². The van der Waals surface area contributed by atoms with Gasteiger partial charge in [0.25, 0.3) is 0 Å². The maximum Gasteiger partial charge on any atom is 0.309 e. The summed E-state index contributed by atoms with van der Waals surface area (Å²) >= 11 is 0. The first-order valence-corrected chi connectivity index (χ1v) is 7.41. The molecule has 0 fully saturated rings. The molecule has 0 aromatic heterocycles. The maximum atomic E-state index is 12.9. The first-order valence-electron chi connectivity index (χ1n) is 7.41. The van der Waals surface area contributed by atoms with Gasteiger partial charge in [-0.3, -0.25) is 9.59 Å². The van der Waals surface area contributed by atoms with E-state index in [-0.39, 0.29) is 30.0 Å². The van der Waals surface area contributed by atoms with Gasteiger partial charge >= 0.3 is 5.97 Å². The molecule has 0 aliphatic carbocycles. The van der Waals surface area contributed by atoms with Crippen LogP contribution in [0.4, 0.5) is 4.39 Å². The van der Waals surface area contributed by atoms with Crippen LogP contribution in [0, 0.1) is 17.7 Å². The Labute approximate surface area is 131 Å². The van der Waals surface area contributed by atoms with Crippen molar-refractivity contribution in [1.82, 2.24) is 5.32 Å². The molecule has 1 N–H and O–H groups in total. The molecule has 5 heteroatoms. The SMILES string of the molecule is CN[C@H](C(=O)C[C@@H](Cc1ccc(F)cc1)C(=O)OC)C(C)C. The molecule has 0 saturated heterocycles. The van der Waals surface area contributed by atoms with Gasteiger partial charge in [-0.2, -0.15) is 0 Å². The minimum Gasteiger partial charge on any atom is -0.469 e. The number of hydrogen-bond donors (Lipinski definition) is 1. The second kappa shape index (κ2) is 8.63. The van der Waals surface area contributed by atoms with Crippen molar-refractivity contribution in [3.05, 3.63) is 35.6 Å². The summed E-state index contributed by atoms with van der Waals surface area (Å²) in [4.78, 5) is 24.3. The Morgan fingerprint density at radius 2 is 1.82 bits per heavy atom. The van der Waals surface area contributed by atoms with Crippen molar-refractivity contribution in [3.63, 3.8) is 0 Å². The molecule has 0 radical (unpaired) electrons. The number of ether oxygens (including phenoxy) is 1. The summed E-state index contributed by atoms with van der Waals surface area (Å²) in [6.45, 7) is 3.90. The first kappa shape index (κ1) is 18.3. The highest BCUT2D eigenvalue weighted by atomic mass is 19.1. The molecule has 0 spiro atoms. The Morgan fingerprint density at radius 3 is 2.27 bits per heavy atom. The van der Waals surface area contributed by atoms with Crippen LogP contribution in [0.25, 0.3) is 0 Å². The van der Waals surface area contributed by atoms with E-state index in [0.29, 0.717) is 6.42 Å². The van der Waals surface area contributed by atoms with Crippen LogP contribution in [0.3, 0.4) is 0 Å². The quantitative estimate of drug-likeness (QED) is 0.749. The summed E-state index contributed by atoms with van der Waals surface area (Å²) in [5.74, 6) is -1.19.